The number of fused-ring (bicyclic) bond motifs is 1. The van der Waals surface area contributed by atoms with Gasteiger partial charge in [0.1, 0.15) is 0 Å². The van der Waals surface area contributed by atoms with Gasteiger partial charge in [-0.3, -0.25) is 9.59 Å². The molecule has 3 aromatic rings. The number of amides is 2. The van der Waals surface area contributed by atoms with E-state index in [4.69, 9.17) is 11.6 Å². The van der Waals surface area contributed by atoms with Gasteiger partial charge in [-0.05, 0) is 50.1 Å². The van der Waals surface area contributed by atoms with Crippen LogP contribution in [0.4, 0.5) is 5.69 Å². The largest absolute Gasteiger partial charge is 0.346 e. The van der Waals surface area contributed by atoms with Crippen molar-refractivity contribution < 1.29 is 9.59 Å². The molecule has 0 fully saturated rings. The molecule has 0 spiro atoms. The molecule has 1 aromatic heterocycles. The van der Waals surface area contributed by atoms with Gasteiger partial charge in [0.2, 0.25) is 11.8 Å². The topological polar surface area (TPSA) is 86.9 Å². The number of hydrogen-bond acceptors (Lipinski definition) is 4. The van der Waals surface area contributed by atoms with Crippen molar-refractivity contribution in [2.75, 3.05) is 17.6 Å². The summed E-state index contributed by atoms with van der Waals surface area (Å²) in [4.78, 5) is 31.7. The van der Waals surface area contributed by atoms with E-state index in [2.05, 4.69) is 20.6 Å². The summed E-state index contributed by atoms with van der Waals surface area (Å²) in [5.74, 6) is -0.341. The molecule has 3 rings (SSSR count). The molecule has 2 amide bonds. The Labute approximate surface area is 172 Å². The van der Waals surface area contributed by atoms with E-state index in [1.165, 1.54) is 11.8 Å². The first-order valence-electron chi connectivity index (χ1n) is 8.74. The van der Waals surface area contributed by atoms with Gasteiger partial charge >= 0.3 is 0 Å². The molecule has 0 radical (unpaired) electrons. The van der Waals surface area contributed by atoms with Crippen LogP contribution in [0.15, 0.2) is 35.5 Å². The van der Waals surface area contributed by atoms with Crippen molar-refractivity contribution in [2.24, 2.45) is 0 Å². The smallest absolute Gasteiger partial charge is 0.243 e. The number of anilines is 1. The van der Waals surface area contributed by atoms with Gasteiger partial charge in [-0.1, -0.05) is 41.1 Å². The van der Waals surface area contributed by atoms with E-state index in [-0.39, 0.29) is 24.1 Å². The summed E-state index contributed by atoms with van der Waals surface area (Å²) >= 11 is 7.22. The molecule has 0 saturated heterocycles. The molecule has 0 saturated carbocycles. The van der Waals surface area contributed by atoms with Crippen molar-refractivity contribution in [1.82, 2.24) is 15.3 Å². The highest BCUT2D eigenvalue weighted by Gasteiger charge is 2.11. The summed E-state index contributed by atoms with van der Waals surface area (Å²) in [7, 11) is 0. The minimum atomic E-state index is -0.258. The molecular weight excluding hydrogens is 396 g/mol. The fourth-order valence-corrected chi connectivity index (χ4v) is 3.84. The summed E-state index contributed by atoms with van der Waals surface area (Å²) in [6.07, 6.45) is 0. The summed E-state index contributed by atoms with van der Waals surface area (Å²) in [6.45, 7) is 5.83. The van der Waals surface area contributed by atoms with Gasteiger partial charge in [-0.15, -0.1) is 0 Å². The number of thioether (sulfide) groups is 1. The molecule has 0 atom stereocenters. The first-order chi connectivity index (χ1) is 13.3. The predicted octanol–water partition coefficient (Wildman–Crippen LogP) is 3.99. The molecule has 8 heteroatoms. The van der Waals surface area contributed by atoms with Crippen LogP contribution in [0.1, 0.15) is 16.7 Å². The van der Waals surface area contributed by atoms with E-state index < -0.39 is 0 Å². The molecule has 6 nitrogen and oxygen atoms in total. The number of H-pyrrole nitrogens is 1. The Balaban J connectivity index is 1.49. The Kier molecular flexibility index (Phi) is 6.26. The Bertz CT molecular complexity index is 1020. The van der Waals surface area contributed by atoms with Crippen molar-refractivity contribution in [3.8, 4) is 0 Å². The van der Waals surface area contributed by atoms with Crippen LogP contribution in [0.25, 0.3) is 11.0 Å². The third kappa shape index (κ3) is 5.05. The van der Waals surface area contributed by atoms with E-state index in [0.717, 1.165) is 33.4 Å². The number of benzene rings is 2. The molecule has 0 unspecified atom stereocenters. The van der Waals surface area contributed by atoms with E-state index in [1.54, 1.807) is 12.1 Å². The van der Waals surface area contributed by atoms with Crippen LogP contribution in [0.2, 0.25) is 5.02 Å². The molecule has 28 heavy (non-hydrogen) atoms. The lowest BCUT2D eigenvalue weighted by atomic mass is 10.1. The lowest BCUT2D eigenvalue weighted by Crippen LogP contribution is -2.34. The average molecular weight is 417 g/mol. The molecule has 0 aliphatic heterocycles. The maximum atomic E-state index is 12.2. The summed E-state index contributed by atoms with van der Waals surface area (Å²) in [5, 5.41) is 6.75. The number of aromatic amines is 1. The summed E-state index contributed by atoms with van der Waals surface area (Å²) in [5.41, 5.74) is 5.54. The van der Waals surface area contributed by atoms with Crippen molar-refractivity contribution in [3.63, 3.8) is 0 Å². The fourth-order valence-electron chi connectivity index (χ4n) is 2.95. The molecule has 146 valence electrons. The van der Waals surface area contributed by atoms with Crippen LogP contribution >= 0.6 is 23.4 Å². The number of aromatic nitrogens is 2. The van der Waals surface area contributed by atoms with Crippen molar-refractivity contribution in [1.29, 1.82) is 0 Å². The molecule has 0 aliphatic rings. The van der Waals surface area contributed by atoms with Crippen LogP contribution in [-0.2, 0) is 9.59 Å². The van der Waals surface area contributed by atoms with Crippen LogP contribution in [0.3, 0.4) is 0 Å². The standard InChI is InChI=1S/C20H21ClN4O2S/c1-11-6-12(2)19(13(3)7-11)25-17(26)9-22-18(27)10-28-20-23-15-5-4-14(21)8-16(15)24-20/h4-8H,9-10H2,1-3H3,(H,22,27)(H,23,24)(H,25,26). The Morgan fingerprint density at radius 1 is 1.11 bits per heavy atom. The lowest BCUT2D eigenvalue weighted by molar-refractivity contribution is -0.122. The number of aryl methyl sites for hydroxylation is 3. The highest BCUT2D eigenvalue weighted by molar-refractivity contribution is 7.99. The van der Waals surface area contributed by atoms with Gasteiger partial charge < -0.3 is 15.6 Å². The first kappa shape index (κ1) is 20.2. The SMILES string of the molecule is Cc1cc(C)c(NC(=O)CNC(=O)CSc2nc3ccc(Cl)cc3[nH]2)c(C)c1. The minimum Gasteiger partial charge on any atom is -0.346 e. The third-order valence-electron chi connectivity index (χ3n) is 4.15. The number of rotatable bonds is 6. The molecule has 3 N–H and O–H groups in total. The van der Waals surface area contributed by atoms with E-state index >= 15 is 0 Å². The Morgan fingerprint density at radius 2 is 1.82 bits per heavy atom. The zero-order valence-corrected chi connectivity index (χ0v) is 17.4. The number of nitrogens with one attached hydrogen (secondary N) is 3. The number of nitrogens with zero attached hydrogens (tertiary/aromatic N) is 1. The molecule has 0 aliphatic carbocycles. The zero-order chi connectivity index (χ0) is 20.3. The molecule has 1 heterocycles. The summed E-state index contributed by atoms with van der Waals surface area (Å²) in [6, 6.07) is 9.39. The van der Waals surface area contributed by atoms with Crippen molar-refractivity contribution in [3.05, 3.63) is 52.0 Å². The second kappa shape index (κ2) is 8.67. The fraction of sp³-hybridized carbons (Fsp3) is 0.250. The number of carbonyl (C=O) groups is 2. The first-order valence-corrected chi connectivity index (χ1v) is 10.1. The second-order valence-electron chi connectivity index (χ2n) is 6.59. The maximum absolute atomic E-state index is 12.2. The van der Waals surface area contributed by atoms with Gasteiger partial charge in [-0.25, -0.2) is 4.98 Å². The molecule has 0 bridgehead atoms. The second-order valence-corrected chi connectivity index (χ2v) is 7.99. The zero-order valence-electron chi connectivity index (χ0n) is 15.9. The van der Waals surface area contributed by atoms with Gasteiger partial charge in [0.05, 0.1) is 23.3 Å². The number of halogens is 1. The molecule has 2 aromatic carbocycles. The Hall–Kier alpha value is -2.51. The van der Waals surface area contributed by atoms with Crippen LogP contribution in [0, 0.1) is 20.8 Å². The van der Waals surface area contributed by atoms with Crippen LogP contribution < -0.4 is 10.6 Å². The van der Waals surface area contributed by atoms with Crippen molar-refractivity contribution >= 4 is 51.9 Å². The third-order valence-corrected chi connectivity index (χ3v) is 5.26. The minimum absolute atomic E-state index is 0.0815. The highest BCUT2D eigenvalue weighted by atomic mass is 35.5. The van der Waals surface area contributed by atoms with Gasteiger partial charge in [-0.2, -0.15) is 0 Å². The number of hydrogen-bond donors (Lipinski definition) is 3. The quantitative estimate of drug-likeness (QED) is 0.530. The van der Waals surface area contributed by atoms with Crippen molar-refractivity contribution in [2.45, 2.75) is 25.9 Å². The normalized spacial score (nSPS) is 10.9. The Morgan fingerprint density at radius 3 is 2.54 bits per heavy atom. The maximum Gasteiger partial charge on any atom is 0.243 e. The van der Waals surface area contributed by atoms with Crippen LogP contribution in [0.5, 0.6) is 0 Å². The predicted molar refractivity (Wildman–Crippen MR) is 114 cm³/mol. The number of imidazole rings is 1. The van der Waals surface area contributed by atoms with Crippen LogP contribution in [-0.4, -0.2) is 34.1 Å². The van der Waals surface area contributed by atoms with Gasteiger partial charge in [0, 0.05) is 10.7 Å². The van der Waals surface area contributed by atoms with Gasteiger partial charge in [0.15, 0.2) is 5.16 Å². The average Bonchev–Trinajstić information content (AvgIpc) is 3.03. The molecular formula is C20H21ClN4O2S. The monoisotopic (exact) mass is 416 g/mol. The van der Waals surface area contributed by atoms with E-state index in [1.807, 2.05) is 39.0 Å². The lowest BCUT2D eigenvalue weighted by Gasteiger charge is -2.13. The van der Waals surface area contributed by atoms with E-state index in [0.29, 0.717) is 10.2 Å². The van der Waals surface area contributed by atoms with E-state index in [9.17, 15) is 9.59 Å². The van der Waals surface area contributed by atoms with Gasteiger partial charge in [0.25, 0.3) is 0 Å². The number of carbonyl (C=O) groups excluding carboxylic acids is 2. The highest BCUT2D eigenvalue weighted by Crippen LogP contribution is 2.23. The summed E-state index contributed by atoms with van der Waals surface area (Å²) < 4.78 is 0.